The normalized spacial score (nSPS) is 9.64. The van der Waals surface area contributed by atoms with Crippen molar-refractivity contribution in [2.45, 2.75) is 6.92 Å². The molecule has 0 saturated carbocycles. The summed E-state index contributed by atoms with van der Waals surface area (Å²) < 4.78 is 0.910. The second-order valence-electron chi connectivity index (χ2n) is 2.32. The summed E-state index contributed by atoms with van der Waals surface area (Å²) in [6.07, 6.45) is 1.75. The maximum atomic E-state index is 9.26. The molecule has 0 aromatic heterocycles. The molecule has 1 N–H and O–H groups in total. The number of hydrogen-bond acceptors (Lipinski definition) is 1. The smallest absolute Gasteiger partial charge is 0.119 e. The van der Waals surface area contributed by atoms with E-state index in [1.54, 1.807) is 12.1 Å². The van der Waals surface area contributed by atoms with Gasteiger partial charge in [-0.25, -0.2) is 0 Å². The third kappa shape index (κ3) is 1.46. The van der Waals surface area contributed by atoms with Gasteiger partial charge in [-0.2, -0.15) is 0 Å². The zero-order chi connectivity index (χ0) is 8.43. The molecule has 11 heavy (non-hydrogen) atoms. The first kappa shape index (κ1) is 8.34. The third-order valence-corrected chi connectivity index (χ3v) is 2.66. The average molecular weight is 213 g/mol. The molecule has 0 heterocycles. The molecule has 1 aromatic carbocycles. The van der Waals surface area contributed by atoms with Crippen molar-refractivity contribution in [3.05, 3.63) is 34.3 Å². The van der Waals surface area contributed by atoms with E-state index in [0.717, 1.165) is 15.6 Å². The number of phenols is 1. The van der Waals surface area contributed by atoms with Gasteiger partial charge in [0.2, 0.25) is 0 Å². The van der Waals surface area contributed by atoms with E-state index in [9.17, 15) is 5.11 Å². The highest BCUT2D eigenvalue weighted by Crippen LogP contribution is 2.28. The molecule has 0 unspecified atom stereocenters. The second-order valence-corrected chi connectivity index (χ2v) is 3.11. The lowest BCUT2D eigenvalue weighted by atomic mass is 10.1. The molecule has 1 nitrogen and oxygen atoms in total. The number of phenolic OH excluding ortho intramolecular Hbond substituents is 1. The van der Waals surface area contributed by atoms with Crippen LogP contribution in [0.1, 0.15) is 11.1 Å². The fourth-order valence-corrected chi connectivity index (χ4v) is 1.35. The minimum Gasteiger partial charge on any atom is -0.508 e. The molecule has 58 valence electrons. The summed E-state index contributed by atoms with van der Waals surface area (Å²) in [6.45, 7) is 5.50. The fourth-order valence-electron chi connectivity index (χ4n) is 0.853. The van der Waals surface area contributed by atoms with Crippen LogP contribution >= 0.6 is 15.9 Å². The van der Waals surface area contributed by atoms with E-state index in [1.165, 1.54) is 0 Å². The second kappa shape index (κ2) is 3.09. The van der Waals surface area contributed by atoms with Gasteiger partial charge < -0.3 is 5.11 Å². The van der Waals surface area contributed by atoms with E-state index in [-0.39, 0.29) is 0 Å². The fraction of sp³-hybridized carbons (Fsp3) is 0.111. The topological polar surface area (TPSA) is 20.2 Å². The molecule has 0 spiro atoms. The van der Waals surface area contributed by atoms with Crippen molar-refractivity contribution in [2.24, 2.45) is 0 Å². The van der Waals surface area contributed by atoms with Crippen LogP contribution in [0.5, 0.6) is 5.75 Å². The van der Waals surface area contributed by atoms with E-state index in [1.807, 2.05) is 13.0 Å². The zero-order valence-electron chi connectivity index (χ0n) is 6.26. The van der Waals surface area contributed by atoms with Crippen molar-refractivity contribution in [3.63, 3.8) is 0 Å². The van der Waals surface area contributed by atoms with Gasteiger partial charge in [0.05, 0.1) is 0 Å². The molecule has 0 atom stereocenters. The number of hydrogen-bond donors (Lipinski definition) is 1. The summed E-state index contributed by atoms with van der Waals surface area (Å²) in [5.41, 5.74) is 1.85. The van der Waals surface area contributed by atoms with Gasteiger partial charge in [-0.15, -0.1) is 0 Å². The van der Waals surface area contributed by atoms with Crippen molar-refractivity contribution in [2.75, 3.05) is 0 Å². The van der Waals surface area contributed by atoms with Crippen molar-refractivity contribution in [1.82, 2.24) is 0 Å². The molecule has 0 bridgehead atoms. The average Bonchev–Trinajstić information content (AvgIpc) is 2.01. The number of halogens is 1. The van der Waals surface area contributed by atoms with Crippen LogP contribution in [-0.2, 0) is 0 Å². The molecule has 0 fully saturated rings. The van der Waals surface area contributed by atoms with Gasteiger partial charge in [-0.05, 0) is 34.5 Å². The summed E-state index contributed by atoms with van der Waals surface area (Å²) in [5.74, 6) is 0.308. The van der Waals surface area contributed by atoms with Crippen molar-refractivity contribution in [3.8, 4) is 5.75 Å². The van der Waals surface area contributed by atoms with Crippen LogP contribution in [-0.4, -0.2) is 5.11 Å². The highest BCUT2D eigenvalue weighted by atomic mass is 79.9. The van der Waals surface area contributed by atoms with Gasteiger partial charge in [0.25, 0.3) is 0 Å². The molecule has 1 rings (SSSR count). The van der Waals surface area contributed by atoms with Crippen molar-refractivity contribution < 1.29 is 5.11 Å². The van der Waals surface area contributed by atoms with Gasteiger partial charge >= 0.3 is 0 Å². The Bertz CT molecular complexity index is 292. The Morgan fingerprint density at radius 1 is 1.55 bits per heavy atom. The summed E-state index contributed by atoms with van der Waals surface area (Å²) in [6, 6.07) is 3.48. The first-order valence-corrected chi connectivity index (χ1v) is 4.06. The predicted molar refractivity (Wildman–Crippen MR) is 50.6 cm³/mol. The zero-order valence-corrected chi connectivity index (χ0v) is 7.85. The SMILES string of the molecule is C=Cc1ccc(O)c(C)c1Br. The monoisotopic (exact) mass is 212 g/mol. The summed E-state index contributed by atoms with van der Waals surface area (Å²) in [4.78, 5) is 0. The Morgan fingerprint density at radius 2 is 2.18 bits per heavy atom. The van der Waals surface area contributed by atoms with Crippen molar-refractivity contribution in [1.29, 1.82) is 0 Å². The molecule has 0 aliphatic carbocycles. The number of benzene rings is 1. The first-order valence-electron chi connectivity index (χ1n) is 3.27. The van der Waals surface area contributed by atoms with Crippen LogP contribution in [0.4, 0.5) is 0 Å². The number of rotatable bonds is 1. The van der Waals surface area contributed by atoms with Crippen LogP contribution in [0.15, 0.2) is 23.2 Å². The molecule has 2 heteroatoms. The lowest BCUT2D eigenvalue weighted by molar-refractivity contribution is 0.470. The Kier molecular flexibility index (Phi) is 2.35. The maximum absolute atomic E-state index is 9.26. The highest BCUT2D eigenvalue weighted by molar-refractivity contribution is 9.10. The van der Waals surface area contributed by atoms with Gasteiger partial charge in [-0.1, -0.05) is 18.7 Å². The minimum atomic E-state index is 0.308. The molecule has 0 saturated heterocycles. The van der Waals surface area contributed by atoms with E-state index >= 15 is 0 Å². The Morgan fingerprint density at radius 3 is 2.73 bits per heavy atom. The van der Waals surface area contributed by atoms with E-state index in [4.69, 9.17) is 0 Å². The van der Waals surface area contributed by atoms with E-state index < -0.39 is 0 Å². The molecule has 0 aliphatic heterocycles. The summed E-state index contributed by atoms with van der Waals surface area (Å²) in [5, 5.41) is 9.26. The van der Waals surface area contributed by atoms with Gasteiger partial charge in [0.15, 0.2) is 0 Å². The first-order chi connectivity index (χ1) is 5.16. The lowest BCUT2D eigenvalue weighted by Gasteiger charge is -2.03. The van der Waals surface area contributed by atoms with Crippen LogP contribution in [0.25, 0.3) is 6.08 Å². The van der Waals surface area contributed by atoms with Gasteiger partial charge in [0, 0.05) is 10.0 Å². The highest BCUT2D eigenvalue weighted by Gasteiger charge is 2.02. The largest absolute Gasteiger partial charge is 0.508 e. The Labute approximate surface area is 74.5 Å². The summed E-state index contributed by atoms with van der Waals surface area (Å²) >= 11 is 3.36. The third-order valence-electron chi connectivity index (χ3n) is 1.61. The van der Waals surface area contributed by atoms with E-state index in [0.29, 0.717) is 5.75 Å². The van der Waals surface area contributed by atoms with Gasteiger partial charge in [0.1, 0.15) is 5.75 Å². The molecular formula is C9H9BrO. The predicted octanol–water partition coefficient (Wildman–Crippen LogP) is 3.11. The number of aromatic hydroxyl groups is 1. The molecule has 0 radical (unpaired) electrons. The van der Waals surface area contributed by atoms with Crippen molar-refractivity contribution >= 4 is 22.0 Å². The Hall–Kier alpha value is -0.760. The van der Waals surface area contributed by atoms with Crippen LogP contribution < -0.4 is 0 Å². The van der Waals surface area contributed by atoms with Crippen LogP contribution in [0.3, 0.4) is 0 Å². The van der Waals surface area contributed by atoms with E-state index in [2.05, 4.69) is 22.5 Å². The Balaban J connectivity index is 3.36. The molecule has 1 aromatic rings. The minimum absolute atomic E-state index is 0.308. The molecule has 0 amide bonds. The van der Waals surface area contributed by atoms with Crippen LogP contribution in [0.2, 0.25) is 0 Å². The summed E-state index contributed by atoms with van der Waals surface area (Å²) in [7, 11) is 0. The lowest BCUT2D eigenvalue weighted by Crippen LogP contribution is -1.81. The standard InChI is InChI=1S/C9H9BrO/c1-3-7-4-5-8(11)6(2)9(7)10/h3-5,11H,1H2,2H3. The molecular weight excluding hydrogens is 204 g/mol. The molecule has 0 aliphatic rings. The van der Waals surface area contributed by atoms with Gasteiger partial charge in [-0.3, -0.25) is 0 Å². The quantitative estimate of drug-likeness (QED) is 0.759. The maximum Gasteiger partial charge on any atom is 0.119 e. The van der Waals surface area contributed by atoms with Crippen LogP contribution in [0, 0.1) is 6.92 Å².